The number of hydrogen-bond acceptors (Lipinski definition) is 3. The normalized spacial score (nSPS) is 16.5. The molecule has 4 nitrogen and oxygen atoms in total. The van der Waals surface area contributed by atoms with Crippen LogP contribution in [0.1, 0.15) is 48.4 Å². The molecule has 1 aromatic rings. The lowest BCUT2D eigenvalue weighted by Crippen LogP contribution is -2.50. The molecule has 0 spiro atoms. The molecule has 2 rings (SSSR count). The standard InChI is InChI=1S/C16H22N2O2/c1-5-17-13(16(2,3)4)10-18-14(19)11-8-6-7-9-12(11)15(18)20/h6-9,13,17H,5,10H2,1-4H3. The quantitative estimate of drug-likeness (QED) is 0.857. The van der Waals surface area contributed by atoms with Gasteiger partial charge in [-0.15, -0.1) is 0 Å². The first kappa shape index (κ1) is 14.7. The number of amides is 2. The average Bonchev–Trinajstić information content (AvgIpc) is 2.63. The topological polar surface area (TPSA) is 49.4 Å². The maximum Gasteiger partial charge on any atom is 0.261 e. The summed E-state index contributed by atoms with van der Waals surface area (Å²) >= 11 is 0. The minimum Gasteiger partial charge on any atom is -0.312 e. The maximum absolute atomic E-state index is 12.4. The van der Waals surface area contributed by atoms with Crippen LogP contribution in [0.5, 0.6) is 0 Å². The third-order valence-electron chi connectivity index (χ3n) is 3.74. The molecule has 1 aromatic carbocycles. The van der Waals surface area contributed by atoms with Crippen LogP contribution in [0.2, 0.25) is 0 Å². The zero-order valence-corrected chi connectivity index (χ0v) is 12.6. The number of imide groups is 1. The highest BCUT2D eigenvalue weighted by molar-refractivity contribution is 6.21. The number of fused-ring (bicyclic) bond motifs is 1. The van der Waals surface area contributed by atoms with E-state index in [-0.39, 0.29) is 23.3 Å². The van der Waals surface area contributed by atoms with Crippen molar-refractivity contribution in [3.63, 3.8) is 0 Å². The Balaban J connectivity index is 2.23. The number of rotatable bonds is 4. The fourth-order valence-corrected chi connectivity index (χ4v) is 2.48. The highest BCUT2D eigenvalue weighted by Gasteiger charge is 2.38. The van der Waals surface area contributed by atoms with Gasteiger partial charge in [0.2, 0.25) is 0 Å². The number of benzene rings is 1. The molecule has 1 aliphatic rings. The summed E-state index contributed by atoms with van der Waals surface area (Å²) in [5.74, 6) is -0.365. The summed E-state index contributed by atoms with van der Waals surface area (Å²) in [6.07, 6.45) is 0. The van der Waals surface area contributed by atoms with Gasteiger partial charge in [0.15, 0.2) is 0 Å². The molecule has 0 saturated carbocycles. The molecular weight excluding hydrogens is 252 g/mol. The predicted molar refractivity (Wildman–Crippen MR) is 78.7 cm³/mol. The lowest BCUT2D eigenvalue weighted by atomic mass is 9.86. The van der Waals surface area contributed by atoms with Crippen LogP contribution in [-0.4, -0.2) is 35.8 Å². The molecule has 1 heterocycles. The van der Waals surface area contributed by atoms with Crippen LogP contribution in [0, 0.1) is 5.41 Å². The molecule has 20 heavy (non-hydrogen) atoms. The summed E-state index contributed by atoms with van der Waals surface area (Å²) in [4.78, 5) is 26.1. The number of likely N-dealkylation sites (N-methyl/N-ethyl adjacent to an activating group) is 1. The Morgan fingerprint density at radius 1 is 1.10 bits per heavy atom. The van der Waals surface area contributed by atoms with Crippen molar-refractivity contribution in [1.82, 2.24) is 10.2 Å². The summed E-state index contributed by atoms with van der Waals surface area (Å²) in [7, 11) is 0. The van der Waals surface area contributed by atoms with Crippen molar-refractivity contribution in [3.8, 4) is 0 Å². The molecular formula is C16H22N2O2. The predicted octanol–water partition coefficient (Wildman–Crippen LogP) is 2.31. The van der Waals surface area contributed by atoms with Crippen LogP contribution in [0.25, 0.3) is 0 Å². The molecule has 1 N–H and O–H groups in total. The monoisotopic (exact) mass is 274 g/mol. The Morgan fingerprint density at radius 2 is 1.60 bits per heavy atom. The summed E-state index contributed by atoms with van der Waals surface area (Å²) in [6, 6.07) is 7.09. The van der Waals surface area contributed by atoms with E-state index in [1.165, 1.54) is 4.90 Å². The molecule has 1 atom stereocenters. The van der Waals surface area contributed by atoms with Crippen LogP contribution in [-0.2, 0) is 0 Å². The highest BCUT2D eigenvalue weighted by atomic mass is 16.2. The molecule has 0 aromatic heterocycles. The number of hydrogen-bond donors (Lipinski definition) is 1. The molecule has 0 saturated heterocycles. The van der Waals surface area contributed by atoms with Crippen LogP contribution >= 0.6 is 0 Å². The van der Waals surface area contributed by atoms with Gasteiger partial charge < -0.3 is 5.32 Å². The van der Waals surface area contributed by atoms with Crippen molar-refractivity contribution in [2.75, 3.05) is 13.1 Å². The number of nitrogens with one attached hydrogen (secondary N) is 1. The van der Waals surface area contributed by atoms with E-state index in [1.807, 2.05) is 6.92 Å². The summed E-state index contributed by atoms with van der Waals surface area (Å²) in [5.41, 5.74) is 1.01. The van der Waals surface area contributed by atoms with Gasteiger partial charge in [0.25, 0.3) is 11.8 Å². The summed E-state index contributed by atoms with van der Waals surface area (Å²) in [5, 5.41) is 3.37. The van der Waals surface area contributed by atoms with Crippen molar-refractivity contribution in [2.45, 2.75) is 33.7 Å². The Labute approximate surface area is 120 Å². The van der Waals surface area contributed by atoms with Crippen LogP contribution in [0.15, 0.2) is 24.3 Å². The average molecular weight is 274 g/mol. The lowest BCUT2D eigenvalue weighted by molar-refractivity contribution is 0.0610. The first-order valence-corrected chi connectivity index (χ1v) is 7.05. The van der Waals surface area contributed by atoms with Gasteiger partial charge in [-0.25, -0.2) is 0 Å². The van der Waals surface area contributed by atoms with Gasteiger partial charge in [-0.3, -0.25) is 14.5 Å². The Hall–Kier alpha value is -1.68. The van der Waals surface area contributed by atoms with Crippen molar-refractivity contribution < 1.29 is 9.59 Å². The van der Waals surface area contributed by atoms with E-state index < -0.39 is 0 Å². The number of carbonyl (C=O) groups is 2. The van der Waals surface area contributed by atoms with E-state index in [4.69, 9.17) is 0 Å². The molecule has 0 aliphatic carbocycles. The van der Waals surface area contributed by atoms with E-state index in [1.54, 1.807) is 24.3 Å². The van der Waals surface area contributed by atoms with Gasteiger partial charge in [-0.05, 0) is 24.1 Å². The Morgan fingerprint density at radius 3 is 2.00 bits per heavy atom. The second-order valence-corrected chi connectivity index (χ2v) is 6.24. The molecule has 1 aliphatic heterocycles. The summed E-state index contributed by atoms with van der Waals surface area (Å²) < 4.78 is 0. The molecule has 0 radical (unpaired) electrons. The Kier molecular flexibility index (Phi) is 3.95. The van der Waals surface area contributed by atoms with E-state index in [9.17, 15) is 9.59 Å². The van der Waals surface area contributed by atoms with Gasteiger partial charge in [0, 0.05) is 12.6 Å². The second-order valence-electron chi connectivity index (χ2n) is 6.24. The highest BCUT2D eigenvalue weighted by Crippen LogP contribution is 2.26. The van der Waals surface area contributed by atoms with Gasteiger partial charge in [0.1, 0.15) is 0 Å². The van der Waals surface area contributed by atoms with Crippen LogP contribution in [0.4, 0.5) is 0 Å². The van der Waals surface area contributed by atoms with Gasteiger partial charge >= 0.3 is 0 Å². The molecule has 108 valence electrons. The molecule has 4 heteroatoms. The first-order valence-electron chi connectivity index (χ1n) is 7.05. The fraction of sp³-hybridized carbons (Fsp3) is 0.500. The van der Waals surface area contributed by atoms with Gasteiger partial charge in [-0.2, -0.15) is 0 Å². The number of nitrogens with zero attached hydrogens (tertiary/aromatic N) is 1. The second kappa shape index (κ2) is 5.37. The van der Waals surface area contributed by atoms with E-state index in [0.29, 0.717) is 17.7 Å². The lowest BCUT2D eigenvalue weighted by Gasteiger charge is -2.33. The largest absolute Gasteiger partial charge is 0.312 e. The van der Waals surface area contributed by atoms with Gasteiger partial charge in [0.05, 0.1) is 11.1 Å². The fourth-order valence-electron chi connectivity index (χ4n) is 2.48. The Bertz CT molecular complexity index is 497. The van der Waals surface area contributed by atoms with Crippen molar-refractivity contribution in [1.29, 1.82) is 0 Å². The van der Waals surface area contributed by atoms with Crippen LogP contribution < -0.4 is 5.32 Å². The minimum absolute atomic E-state index is 0.0225. The maximum atomic E-state index is 12.4. The SMILES string of the molecule is CCNC(CN1C(=O)c2ccccc2C1=O)C(C)(C)C. The summed E-state index contributed by atoms with van der Waals surface area (Å²) in [6.45, 7) is 9.57. The van der Waals surface area contributed by atoms with Gasteiger partial charge in [-0.1, -0.05) is 39.8 Å². The van der Waals surface area contributed by atoms with Crippen molar-refractivity contribution in [3.05, 3.63) is 35.4 Å². The van der Waals surface area contributed by atoms with Crippen LogP contribution in [0.3, 0.4) is 0 Å². The smallest absolute Gasteiger partial charge is 0.261 e. The third kappa shape index (κ3) is 2.61. The molecule has 0 bridgehead atoms. The minimum atomic E-state index is -0.183. The van der Waals surface area contributed by atoms with E-state index in [0.717, 1.165) is 6.54 Å². The zero-order valence-electron chi connectivity index (χ0n) is 12.6. The zero-order chi connectivity index (χ0) is 14.9. The first-order chi connectivity index (χ1) is 9.36. The third-order valence-corrected chi connectivity index (χ3v) is 3.74. The van der Waals surface area contributed by atoms with E-state index in [2.05, 4.69) is 26.1 Å². The molecule has 0 fully saturated rings. The van der Waals surface area contributed by atoms with Crippen molar-refractivity contribution >= 4 is 11.8 Å². The molecule has 1 unspecified atom stereocenters. The van der Waals surface area contributed by atoms with E-state index >= 15 is 0 Å². The number of carbonyl (C=O) groups excluding carboxylic acids is 2. The molecule has 2 amide bonds. The van der Waals surface area contributed by atoms with Crippen molar-refractivity contribution in [2.24, 2.45) is 5.41 Å².